The molecule has 1 aliphatic heterocycles. The first-order valence-corrected chi connectivity index (χ1v) is 7.33. The average Bonchev–Trinajstić information content (AvgIpc) is 2.92. The molecule has 2 heteroatoms. The van der Waals surface area contributed by atoms with Gasteiger partial charge < -0.3 is 10.2 Å². The highest BCUT2D eigenvalue weighted by Gasteiger charge is 2.13. The average molecular weight is 246 g/mol. The Morgan fingerprint density at radius 3 is 2.67 bits per heavy atom. The molecule has 0 aliphatic carbocycles. The number of aryl methyl sites for hydroxylation is 1. The number of nitrogens with zero attached hydrogens (tertiary/aromatic N) is 1. The molecule has 1 aliphatic rings. The second kappa shape index (κ2) is 6.79. The van der Waals surface area contributed by atoms with Crippen molar-refractivity contribution in [1.29, 1.82) is 0 Å². The highest BCUT2D eigenvalue weighted by Crippen LogP contribution is 2.16. The molecular weight excluding hydrogens is 220 g/mol. The van der Waals surface area contributed by atoms with Crippen LogP contribution < -0.4 is 10.2 Å². The molecule has 1 heterocycles. The van der Waals surface area contributed by atoms with Gasteiger partial charge in [0, 0.05) is 25.3 Å². The van der Waals surface area contributed by atoms with Crippen LogP contribution in [0.25, 0.3) is 0 Å². The summed E-state index contributed by atoms with van der Waals surface area (Å²) in [5, 5.41) is 3.57. The van der Waals surface area contributed by atoms with Crippen LogP contribution in [0.4, 0.5) is 5.69 Å². The Morgan fingerprint density at radius 2 is 2.06 bits per heavy atom. The van der Waals surface area contributed by atoms with E-state index >= 15 is 0 Å². The van der Waals surface area contributed by atoms with Gasteiger partial charge in [-0.2, -0.15) is 0 Å². The molecule has 0 spiro atoms. The molecule has 0 bridgehead atoms. The van der Waals surface area contributed by atoms with E-state index in [1.165, 1.54) is 43.5 Å². The van der Waals surface area contributed by atoms with Crippen molar-refractivity contribution in [2.75, 3.05) is 25.0 Å². The predicted molar refractivity (Wildman–Crippen MR) is 79.3 cm³/mol. The first-order chi connectivity index (χ1) is 8.79. The van der Waals surface area contributed by atoms with Crippen molar-refractivity contribution in [2.24, 2.45) is 0 Å². The standard InChI is InChI=1S/C16H26N2/c1-3-14-8-10-16(11-9-14)18(2)13-5-7-15-6-4-12-17-15/h8-11,15,17H,3-7,12-13H2,1-2H3. The van der Waals surface area contributed by atoms with Crippen LogP contribution in [0.5, 0.6) is 0 Å². The fraction of sp³-hybridized carbons (Fsp3) is 0.625. The second-order valence-electron chi connectivity index (χ2n) is 5.38. The van der Waals surface area contributed by atoms with Crippen LogP contribution in [0, 0.1) is 0 Å². The summed E-state index contributed by atoms with van der Waals surface area (Å²) in [4.78, 5) is 2.37. The van der Waals surface area contributed by atoms with Gasteiger partial charge in [-0.05, 0) is 56.3 Å². The Hall–Kier alpha value is -1.02. The van der Waals surface area contributed by atoms with E-state index in [0.29, 0.717) is 0 Å². The number of nitrogens with one attached hydrogen (secondary N) is 1. The normalized spacial score (nSPS) is 19.1. The van der Waals surface area contributed by atoms with Gasteiger partial charge >= 0.3 is 0 Å². The maximum Gasteiger partial charge on any atom is 0.0363 e. The third-order valence-corrected chi connectivity index (χ3v) is 3.99. The lowest BCUT2D eigenvalue weighted by Crippen LogP contribution is -2.24. The van der Waals surface area contributed by atoms with Gasteiger partial charge in [0.25, 0.3) is 0 Å². The molecule has 0 saturated carbocycles. The largest absolute Gasteiger partial charge is 0.375 e. The first-order valence-electron chi connectivity index (χ1n) is 7.33. The van der Waals surface area contributed by atoms with E-state index in [4.69, 9.17) is 0 Å². The summed E-state index contributed by atoms with van der Waals surface area (Å²) >= 11 is 0. The van der Waals surface area contributed by atoms with Crippen molar-refractivity contribution in [1.82, 2.24) is 5.32 Å². The van der Waals surface area contributed by atoms with E-state index in [1.54, 1.807) is 0 Å². The Bertz CT molecular complexity index is 339. The number of benzene rings is 1. The molecule has 0 amide bonds. The first kappa shape index (κ1) is 13.4. The summed E-state index contributed by atoms with van der Waals surface area (Å²) in [7, 11) is 2.20. The minimum absolute atomic E-state index is 0.779. The molecule has 0 radical (unpaired) electrons. The zero-order valence-electron chi connectivity index (χ0n) is 11.8. The SMILES string of the molecule is CCc1ccc(N(C)CCCC2CCCN2)cc1. The fourth-order valence-corrected chi connectivity index (χ4v) is 2.69. The summed E-state index contributed by atoms with van der Waals surface area (Å²) in [5.41, 5.74) is 2.76. The van der Waals surface area contributed by atoms with Crippen molar-refractivity contribution in [2.45, 2.75) is 45.1 Å². The minimum Gasteiger partial charge on any atom is -0.375 e. The quantitative estimate of drug-likeness (QED) is 0.829. The van der Waals surface area contributed by atoms with Crippen molar-refractivity contribution in [3.8, 4) is 0 Å². The van der Waals surface area contributed by atoms with Crippen LogP contribution in [0.2, 0.25) is 0 Å². The van der Waals surface area contributed by atoms with Gasteiger partial charge in [0.1, 0.15) is 0 Å². The molecule has 1 aromatic rings. The molecule has 100 valence electrons. The molecule has 1 atom stereocenters. The third-order valence-electron chi connectivity index (χ3n) is 3.99. The maximum atomic E-state index is 3.57. The van der Waals surface area contributed by atoms with Crippen LogP contribution in [0.3, 0.4) is 0 Å². The van der Waals surface area contributed by atoms with E-state index in [9.17, 15) is 0 Å². The van der Waals surface area contributed by atoms with E-state index in [0.717, 1.165) is 19.0 Å². The maximum absolute atomic E-state index is 3.57. The van der Waals surface area contributed by atoms with Crippen LogP contribution in [-0.2, 0) is 6.42 Å². The van der Waals surface area contributed by atoms with Gasteiger partial charge in [-0.3, -0.25) is 0 Å². The fourth-order valence-electron chi connectivity index (χ4n) is 2.69. The Balaban J connectivity index is 1.74. The molecule has 1 unspecified atom stereocenters. The highest BCUT2D eigenvalue weighted by atomic mass is 15.1. The molecule has 1 saturated heterocycles. The summed E-state index contributed by atoms with van der Waals surface area (Å²) < 4.78 is 0. The van der Waals surface area contributed by atoms with Crippen LogP contribution in [0.1, 0.15) is 38.2 Å². The van der Waals surface area contributed by atoms with Crippen molar-refractivity contribution >= 4 is 5.69 Å². The van der Waals surface area contributed by atoms with Crippen LogP contribution in [-0.4, -0.2) is 26.2 Å². The summed E-state index contributed by atoms with van der Waals surface area (Å²) in [6, 6.07) is 9.74. The van der Waals surface area contributed by atoms with Crippen molar-refractivity contribution in [3.05, 3.63) is 29.8 Å². The molecule has 1 fully saturated rings. The Morgan fingerprint density at radius 1 is 1.28 bits per heavy atom. The van der Waals surface area contributed by atoms with Gasteiger partial charge in [0.15, 0.2) is 0 Å². The monoisotopic (exact) mass is 246 g/mol. The van der Waals surface area contributed by atoms with E-state index < -0.39 is 0 Å². The number of hydrogen-bond donors (Lipinski definition) is 1. The van der Waals surface area contributed by atoms with Gasteiger partial charge in [0.05, 0.1) is 0 Å². The minimum atomic E-state index is 0.779. The van der Waals surface area contributed by atoms with Crippen molar-refractivity contribution in [3.63, 3.8) is 0 Å². The lowest BCUT2D eigenvalue weighted by Gasteiger charge is -2.20. The molecule has 1 N–H and O–H groups in total. The number of hydrogen-bond acceptors (Lipinski definition) is 2. The highest BCUT2D eigenvalue weighted by molar-refractivity contribution is 5.46. The Labute approximate surface area is 111 Å². The smallest absolute Gasteiger partial charge is 0.0363 e. The van der Waals surface area contributed by atoms with Crippen LogP contribution >= 0.6 is 0 Å². The van der Waals surface area contributed by atoms with Gasteiger partial charge in [-0.1, -0.05) is 19.1 Å². The summed E-state index contributed by atoms with van der Waals surface area (Å²) in [6.07, 6.45) is 6.45. The number of rotatable bonds is 6. The Kier molecular flexibility index (Phi) is 5.06. The zero-order chi connectivity index (χ0) is 12.8. The molecule has 2 rings (SSSR count). The summed E-state index contributed by atoms with van der Waals surface area (Å²) in [5.74, 6) is 0. The lowest BCUT2D eigenvalue weighted by atomic mass is 10.1. The van der Waals surface area contributed by atoms with Gasteiger partial charge in [-0.25, -0.2) is 0 Å². The summed E-state index contributed by atoms with van der Waals surface area (Å²) in [6.45, 7) is 4.58. The van der Waals surface area contributed by atoms with Gasteiger partial charge in [-0.15, -0.1) is 0 Å². The number of anilines is 1. The van der Waals surface area contributed by atoms with E-state index in [-0.39, 0.29) is 0 Å². The molecule has 2 nitrogen and oxygen atoms in total. The molecule has 18 heavy (non-hydrogen) atoms. The van der Waals surface area contributed by atoms with Crippen molar-refractivity contribution < 1.29 is 0 Å². The molecule has 0 aromatic heterocycles. The van der Waals surface area contributed by atoms with Crippen LogP contribution in [0.15, 0.2) is 24.3 Å². The molecule has 1 aromatic carbocycles. The third kappa shape index (κ3) is 3.74. The molecular formula is C16H26N2. The van der Waals surface area contributed by atoms with E-state index in [2.05, 4.69) is 48.5 Å². The lowest BCUT2D eigenvalue weighted by molar-refractivity contribution is 0.536. The topological polar surface area (TPSA) is 15.3 Å². The zero-order valence-corrected chi connectivity index (χ0v) is 11.8. The predicted octanol–water partition coefficient (Wildman–Crippen LogP) is 3.22. The second-order valence-corrected chi connectivity index (χ2v) is 5.38. The van der Waals surface area contributed by atoms with Gasteiger partial charge in [0.2, 0.25) is 0 Å². The van der Waals surface area contributed by atoms with E-state index in [1.807, 2.05) is 0 Å².